The molecule has 0 unspecified atom stereocenters. The van der Waals surface area contributed by atoms with Crippen molar-refractivity contribution < 1.29 is 18.3 Å². The van der Waals surface area contributed by atoms with Crippen LogP contribution in [0, 0.1) is 18.6 Å². The summed E-state index contributed by atoms with van der Waals surface area (Å²) in [4.78, 5) is 21.2. The summed E-state index contributed by atoms with van der Waals surface area (Å²) in [6, 6.07) is 5.77. The number of primary amides is 1. The first-order valence-corrected chi connectivity index (χ1v) is 11.1. The molecule has 1 aliphatic heterocycles. The third-order valence-corrected chi connectivity index (χ3v) is 6.13. The van der Waals surface area contributed by atoms with Gasteiger partial charge in [0.25, 0.3) is 5.91 Å². The lowest BCUT2D eigenvalue weighted by molar-refractivity contribution is 0.0904. The van der Waals surface area contributed by atoms with Crippen LogP contribution in [-0.2, 0) is 4.74 Å². The Morgan fingerprint density at radius 2 is 1.91 bits per heavy atom. The average Bonchev–Trinajstić information content (AvgIpc) is 3.31. The Kier molecular flexibility index (Phi) is 5.77. The highest BCUT2D eigenvalue weighted by molar-refractivity contribution is 6.04. The molecule has 5 rings (SSSR count). The van der Waals surface area contributed by atoms with Crippen molar-refractivity contribution in [2.45, 2.75) is 25.8 Å². The molecule has 1 fully saturated rings. The number of hydrogen-bond donors (Lipinski definition) is 4. The van der Waals surface area contributed by atoms with E-state index in [1.807, 2.05) is 19.1 Å². The Morgan fingerprint density at radius 1 is 1.17 bits per heavy atom. The van der Waals surface area contributed by atoms with Crippen LogP contribution in [0.1, 0.15) is 28.9 Å². The van der Waals surface area contributed by atoms with E-state index in [2.05, 4.69) is 25.5 Å². The molecule has 0 bridgehead atoms. The van der Waals surface area contributed by atoms with Gasteiger partial charge in [-0.1, -0.05) is 6.07 Å². The van der Waals surface area contributed by atoms with Crippen LogP contribution in [0.15, 0.2) is 30.5 Å². The second-order valence-corrected chi connectivity index (χ2v) is 8.45. The molecule has 0 spiro atoms. The highest BCUT2D eigenvalue weighted by Crippen LogP contribution is 2.37. The number of nitrogens with two attached hydrogens (primary N) is 2. The number of ether oxygens (including phenoxy) is 1. The number of aromatic nitrogens is 4. The summed E-state index contributed by atoms with van der Waals surface area (Å²) in [6.07, 6.45) is 3.01. The van der Waals surface area contributed by atoms with Gasteiger partial charge in [-0.05, 0) is 37.5 Å². The van der Waals surface area contributed by atoms with Crippen LogP contribution in [-0.4, -0.2) is 45.3 Å². The van der Waals surface area contributed by atoms with Gasteiger partial charge in [-0.15, -0.1) is 0 Å². The van der Waals surface area contributed by atoms with Crippen LogP contribution >= 0.6 is 0 Å². The Hall–Kier alpha value is -4.12. The molecule has 35 heavy (non-hydrogen) atoms. The van der Waals surface area contributed by atoms with Gasteiger partial charge in [-0.3, -0.25) is 9.89 Å². The van der Waals surface area contributed by atoms with E-state index < -0.39 is 17.5 Å². The number of H-pyrrole nitrogens is 1. The second-order valence-electron chi connectivity index (χ2n) is 8.45. The van der Waals surface area contributed by atoms with Crippen LogP contribution in [0.3, 0.4) is 0 Å². The van der Waals surface area contributed by atoms with Crippen LogP contribution in [0.4, 0.5) is 20.2 Å². The molecule has 6 N–H and O–H groups in total. The van der Waals surface area contributed by atoms with Crippen LogP contribution < -0.4 is 16.8 Å². The van der Waals surface area contributed by atoms with E-state index in [0.717, 1.165) is 28.6 Å². The Balaban J connectivity index is 1.74. The summed E-state index contributed by atoms with van der Waals surface area (Å²) in [5.41, 5.74) is 14.6. The lowest BCUT2D eigenvalue weighted by Gasteiger charge is -2.25. The highest BCUT2D eigenvalue weighted by Gasteiger charge is 2.24. The Labute approximate surface area is 198 Å². The number of halogens is 2. The van der Waals surface area contributed by atoms with Crippen molar-refractivity contribution in [1.29, 1.82) is 0 Å². The SMILES string of the molecule is Cc1ccc2[nH]ncc2c1-c1nc(-c2cc(F)c(F)cc2NC2CCOCC2)nc(C(N)=O)c1N. The minimum absolute atomic E-state index is 0.0143. The van der Waals surface area contributed by atoms with Gasteiger partial charge in [-0.25, -0.2) is 18.7 Å². The molecule has 0 aliphatic carbocycles. The molecule has 1 saturated heterocycles. The molecule has 0 radical (unpaired) electrons. The zero-order valence-electron chi connectivity index (χ0n) is 18.9. The summed E-state index contributed by atoms with van der Waals surface area (Å²) >= 11 is 0. The van der Waals surface area contributed by atoms with Crippen LogP contribution in [0.5, 0.6) is 0 Å². The van der Waals surface area contributed by atoms with Crippen LogP contribution in [0.25, 0.3) is 33.5 Å². The van der Waals surface area contributed by atoms with E-state index in [4.69, 9.17) is 16.2 Å². The monoisotopic (exact) mass is 479 g/mol. The molecular weight excluding hydrogens is 456 g/mol. The molecule has 2 aromatic heterocycles. The van der Waals surface area contributed by atoms with E-state index in [0.29, 0.717) is 37.3 Å². The van der Waals surface area contributed by atoms with Crippen molar-refractivity contribution >= 4 is 28.2 Å². The molecule has 0 saturated carbocycles. The Morgan fingerprint density at radius 3 is 2.66 bits per heavy atom. The van der Waals surface area contributed by atoms with Gasteiger partial charge in [0.15, 0.2) is 23.2 Å². The van der Waals surface area contributed by atoms with E-state index in [9.17, 15) is 13.6 Å². The highest BCUT2D eigenvalue weighted by atomic mass is 19.2. The standard InChI is InChI=1S/C24H23F2N7O2/c1-11-2-3-17-14(10-29-33-17)19(11)21-20(27)22(23(28)34)32-24(31-21)13-8-15(25)16(26)9-18(13)30-12-4-6-35-7-5-12/h2-3,8-10,12,30H,4-7,27H2,1H3,(H2,28,34)(H,29,33). The number of nitrogens with zero attached hydrogens (tertiary/aromatic N) is 3. The van der Waals surface area contributed by atoms with Gasteiger partial charge in [-0.2, -0.15) is 5.10 Å². The first kappa shape index (κ1) is 22.7. The summed E-state index contributed by atoms with van der Waals surface area (Å²) in [7, 11) is 0. The third kappa shape index (κ3) is 4.14. The maximum atomic E-state index is 14.4. The largest absolute Gasteiger partial charge is 0.395 e. The summed E-state index contributed by atoms with van der Waals surface area (Å²) in [5, 5.41) is 10.9. The number of nitrogen functional groups attached to an aromatic ring is 1. The zero-order valence-corrected chi connectivity index (χ0v) is 18.9. The van der Waals surface area contributed by atoms with Crippen molar-refractivity contribution in [2.75, 3.05) is 24.3 Å². The molecule has 4 aromatic rings. The maximum absolute atomic E-state index is 14.4. The predicted octanol–water partition coefficient (Wildman–Crippen LogP) is 3.55. The number of hydrogen-bond acceptors (Lipinski definition) is 7. The average molecular weight is 479 g/mol. The van der Waals surface area contributed by atoms with Crippen LogP contribution in [0.2, 0.25) is 0 Å². The summed E-state index contributed by atoms with van der Waals surface area (Å²) in [6.45, 7) is 2.97. The minimum Gasteiger partial charge on any atom is -0.395 e. The molecule has 0 atom stereocenters. The summed E-state index contributed by atoms with van der Waals surface area (Å²) in [5.74, 6) is -2.98. The number of aromatic amines is 1. The lowest BCUT2D eigenvalue weighted by Crippen LogP contribution is -2.28. The first-order valence-electron chi connectivity index (χ1n) is 11.1. The van der Waals surface area contributed by atoms with Crippen molar-refractivity contribution in [1.82, 2.24) is 20.2 Å². The number of carbonyl (C=O) groups excluding carboxylic acids is 1. The van der Waals surface area contributed by atoms with Gasteiger partial charge in [0, 0.05) is 47.5 Å². The number of nitrogens with one attached hydrogen (secondary N) is 2. The van der Waals surface area contributed by atoms with E-state index in [1.165, 1.54) is 0 Å². The molecule has 9 nitrogen and oxygen atoms in total. The van der Waals surface area contributed by atoms with E-state index in [-0.39, 0.29) is 34.5 Å². The van der Waals surface area contributed by atoms with Crippen molar-refractivity contribution in [3.63, 3.8) is 0 Å². The number of aryl methyl sites for hydroxylation is 1. The predicted molar refractivity (Wildman–Crippen MR) is 128 cm³/mol. The van der Waals surface area contributed by atoms with Crippen molar-refractivity contribution in [2.24, 2.45) is 5.73 Å². The van der Waals surface area contributed by atoms with E-state index in [1.54, 1.807) is 6.20 Å². The van der Waals surface area contributed by atoms with Crippen molar-refractivity contribution in [3.05, 3.63) is 53.4 Å². The number of benzene rings is 2. The van der Waals surface area contributed by atoms with E-state index >= 15 is 0 Å². The fraction of sp³-hybridized carbons (Fsp3) is 0.250. The molecule has 3 heterocycles. The van der Waals surface area contributed by atoms with Gasteiger partial charge in [0.2, 0.25) is 0 Å². The van der Waals surface area contributed by atoms with Gasteiger partial charge >= 0.3 is 0 Å². The molecule has 180 valence electrons. The normalized spacial score (nSPS) is 14.4. The quantitative estimate of drug-likeness (QED) is 0.343. The fourth-order valence-electron chi connectivity index (χ4n) is 4.32. The second kappa shape index (κ2) is 8.91. The van der Waals surface area contributed by atoms with Gasteiger partial charge in [0.1, 0.15) is 0 Å². The number of fused-ring (bicyclic) bond motifs is 1. The molecule has 1 amide bonds. The maximum Gasteiger partial charge on any atom is 0.269 e. The topological polar surface area (TPSA) is 145 Å². The molecule has 11 heteroatoms. The minimum atomic E-state index is -1.08. The molecule has 2 aromatic carbocycles. The number of anilines is 2. The van der Waals surface area contributed by atoms with Crippen molar-refractivity contribution in [3.8, 4) is 22.6 Å². The molecular formula is C24H23F2N7O2. The smallest absolute Gasteiger partial charge is 0.269 e. The van der Waals surface area contributed by atoms with Gasteiger partial charge in [0.05, 0.1) is 23.1 Å². The number of rotatable bonds is 5. The summed E-state index contributed by atoms with van der Waals surface area (Å²) < 4.78 is 34.0. The Bertz CT molecular complexity index is 1450. The lowest BCUT2D eigenvalue weighted by atomic mass is 9.98. The third-order valence-electron chi connectivity index (χ3n) is 6.13. The number of amides is 1. The molecule has 1 aliphatic rings. The zero-order chi connectivity index (χ0) is 24.7. The number of carbonyl (C=O) groups is 1. The first-order chi connectivity index (χ1) is 16.8. The fourth-order valence-corrected chi connectivity index (χ4v) is 4.32. The van der Waals surface area contributed by atoms with Gasteiger partial charge < -0.3 is 21.5 Å².